The Labute approximate surface area is 52.9 Å². The predicted octanol–water partition coefficient (Wildman–Crippen LogP) is 0.256. The molecule has 3 heteroatoms. The van der Waals surface area contributed by atoms with Gasteiger partial charge >= 0.3 is 0 Å². The molecule has 0 aliphatic rings. The molecular weight excluding hydrogens is 116 g/mol. The Hall–Kier alpha value is -1.25. The van der Waals surface area contributed by atoms with Crippen molar-refractivity contribution in [1.29, 1.82) is 0 Å². The van der Waals surface area contributed by atoms with Crippen molar-refractivity contribution in [3.05, 3.63) is 29.9 Å². The minimum atomic E-state index is 0.861. The van der Waals surface area contributed by atoms with Crippen LogP contribution in [-0.2, 0) is 0 Å². The normalized spacial score (nSPS) is 9.00. The summed E-state index contributed by atoms with van der Waals surface area (Å²) in [5.74, 6) is 0. The third-order valence-electron chi connectivity index (χ3n) is 1.05. The van der Waals surface area contributed by atoms with Crippen LogP contribution in [0.1, 0.15) is 0 Å². The van der Waals surface area contributed by atoms with Crippen molar-refractivity contribution >= 4 is 0 Å². The number of nitrogens with zero attached hydrogens (tertiary/aromatic N) is 2. The van der Waals surface area contributed by atoms with Crippen molar-refractivity contribution in [2.75, 3.05) is 7.05 Å². The zero-order chi connectivity index (χ0) is 6.69. The van der Waals surface area contributed by atoms with Gasteiger partial charge in [-0.3, -0.25) is 4.99 Å². The van der Waals surface area contributed by atoms with E-state index < -0.39 is 0 Å². The highest BCUT2D eigenvalue weighted by atomic mass is 16.5. The van der Waals surface area contributed by atoms with Crippen LogP contribution in [0, 0.1) is 0 Å². The van der Waals surface area contributed by atoms with E-state index in [1.807, 2.05) is 0 Å². The van der Waals surface area contributed by atoms with Gasteiger partial charge in [-0.05, 0) is 12.1 Å². The molecule has 9 heavy (non-hydrogen) atoms. The Morgan fingerprint density at radius 2 is 2.00 bits per heavy atom. The Morgan fingerprint density at radius 1 is 1.44 bits per heavy atom. The fourth-order valence-corrected chi connectivity index (χ4v) is 0.560. The van der Waals surface area contributed by atoms with E-state index >= 15 is 0 Å². The fraction of sp³-hybridized carbons (Fsp3) is 0.167. The highest BCUT2D eigenvalue weighted by Crippen LogP contribution is 1.74. The van der Waals surface area contributed by atoms with Crippen molar-refractivity contribution in [3.8, 4) is 0 Å². The van der Waals surface area contributed by atoms with Gasteiger partial charge in [0.15, 0.2) is 0 Å². The van der Waals surface area contributed by atoms with E-state index in [1.54, 1.807) is 19.2 Å². The van der Waals surface area contributed by atoms with E-state index in [0.29, 0.717) is 0 Å². The second kappa shape index (κ2) is 2.35. The maximum Gasteiger partial charge on any atom is 0.0602 e. The summed E-state index contributed by atoms with van der Waals surface area (Å²) in [7, 11) is 1.71. The molecule has 0 spiro atoms. The van der Waals surface area contributed by atoms with Crippen molar-refractivity contribution in [2.45, 2.75) is 0 Å². The molecule has 0 saturated heterocycles. The maximum absolute atomic E-state index is 8.73. The summed E-state index contributed by atoms with van der Waals surface area (Å²) in [5, 5.41) is 9.59. The van der Waals surface area contributed by atoms with E-state index in [9.17, 15) is 0 Å². The number of hydrogen-bond donors (Lipinski definition) is 1. The molecular formula is C6H8N2O. The summed E-state index contributed by atoms with van der Waals surface area (Å²) in [4.78, 5) is 3.89. The molecule has 3 nitrogen and oxygen atoms in total. The molecule has 1 rings (SSSR count). The summed E-state index contributed by atoms with van der Waals surface area (Å²) in [6.07, 6.45) is 3.06. The van der Waals surface area contributed by atoms with E-state index in [2.05, 4.69) is 4.99 Å². The van der Waals surface area contributed by atoms with Crippen LogP contribution in [0.25, 0.3) is 0 Å². The van der Waals surface area contributed by atoms with E-state index in [-0.39, 0.29) is 0 Å². The van der Waals surface area contributed by atoms with Crippen LogP contribution in [0.5, 0.6) is 0 Å². The molecule has 1 aromatic rings. The molecule has 1 aromatic heterocycles. The van der Waals surface area contributed by atoms with Crippen LogP contribution in [0.15, 0.2) is 29.5 Å². The van der Waals surface area contributed by atoms with Crippen LogP contribution in [0.2, 0.25) is 0 Å². The Morgan fingerprint density at radius 3 is 2.44 bits per heavy atom. The van der Waals surface area contributed by atoms with Gasteiger partial charge < -0.3 is 5.21 Å². The first-order chi connectivity index (χ1) is 4.33. The lowest BCUT2D eigenvalue weighted by atomic mass is 10.5. The summed E-state index contributed by atoms with van der Waals surface area (Å²) in [6, 6.07) is 3.44. The van der Waals surface area contributed by atoms with Crippen LogP contribution < -0.4 is 5.36 Å². The third kappa shape index (κ3) is 1.32. The lowest BCUT2D eigenvalue weighted by Crippen LogP contribution is -2.01. The molecule has 0 aliphatic heterocycles. The third-order valence-corrected chi connectivity index (χ3v) is 1.05. The van der Waals surface area contributed by atoms with Gasteiger partial charge in [-0.15, -0.1) is 0 Å². The Kier molecular flexibility index (Phi) is 1.53. The van der Waals surface area contributed by atoms with Crippen molar-refractivity contribution in [1.82, 2.24) is 4.73 Å². The first-order valence-electron chi connectivity index (χ1n) is 2.63. The van der Waals surface area contributed by atoms with Gasteiger partial charge in [-0.25, -0.2) is 4.73 Å². The number of aromatic nitrogens is 1. The maximum atomic E-state index is 8.73. The van der Waals surface area contributed by atoms with Gasteiger partial charge in [-0.1, -0.05) is 0 Å². The largest absolute Gasteiger partial charge is 0.429 e. The second-order valence-electron chi connectivity index (χ2n) is 1.66. The second-order valence-corrected chi connectivity index (χ2v) is 1.66. The summed E-state index contributed by atoms with van der Waals surface area (Å²) in [6.45, 7) is 0. The molecule has 0 fully saturated rings. The van der Waals surface area contributed by atoms with Gasteiger partial charge in [0.2, 0.25) is 0 Å². The highest BCUT2D eigenvalue weighted by molar-refractivity contribution is 4.90. The smallest absolute Gasteiger partial charge is 0.0602 e. The van der Waals surface area contributed by atoms with Gasteiger partial charge in [0.05, 0.1) is 5.36 Å². The lowest BCUT2D eigenvalue weighted by Gasteiger charge is -1.91. The summed E-state index contributed by atoms with van der Waals surface area (Å²) in [5.41, 5.74) is 0. The molecule has 0 aromatic carbocycles. The summed E-state index contributed by atoms with van der Waals surface area (Å²) >= 11 is 0. The molecule has 0 unspecified atom stereocenters. The van der Waals surface area contributed by atoms with Crippen LogP contribution in [0.4, 0.5) is 0 Å². The van der Waals surface area contributed by atoms with E-state index in [1.165, 1.54) is 12.4 Å². The molecule has 1 heterocycles. The van der Waals surface area contributed by atoms with Crippen molar-refractivity contribution < 1.29 is 5.21 Å². The van der Waals surface area contributed by atoms with Gasteiger partial charge in [0.25, 0.3) is 0 Å². The SMILES string of the molecule is CN=c1ccn(O)cc1. The predicted molar refractivity (Wildman–Crippen MR) is 33.1 cm³/mol. The Bertz CT molecular complexity index is 231. The average molecular weight is 124 g/mol. The highest BCUT2D eigenvalue weighted by Gasteiger charge is 1.77. The number of hydrogen-bond acceptors (Lipinski definition) is 2. The molecule has 0 radical (unpaired) electrons. The molecule has 0 amide bonds. The zero-order valence-electron chi connectivity index (χ0n) is 5.15. The van der Waals surface area contributed by atoms with E-state index in [0.717, 1.165) is 10.1 Å². The molecule has 0 aliphatic carbocycles. The Balaban J connectivity index is 3.17. The number of pyridine rings is 1. The summed E-state index contributed by atoms with van der Waals surface area (Å²) < 4.78 is 0.981. The molecule has 0 saturated carbocycles. The average Bonchev–Trinajstić information content (AvgIpc) is 1.90. The number of rotatable bonds is 0. The fourth-order valence-electron chi connectivity index (χ4n) is 0.560. The zero-order valence-corrected chi connectivity index (χ0v) is 5.15. The molecule has 1 N–H and O–H groups in total. The topological polar surface area (TPSA) is 37.5 Å². The minimum absolute atomic E-state index is 0.861. The van der Waals surface area contributed by atoms with Gasteiger partial charge in [-0.2, -0.15) is 0 Å². The standard InChI is InChI=1S/C6H8N2O/c1-7-6-2-4-8(9)5-3-6/h2-5,9H,1H3. The minimum Gasteiger partial charge on any atom is -0.429 e. The quantitative estimate of drug-likeness (QED) is 0.495. The lowest BCUT2D eigenvalue weighted by molar-refractivity contribution is 0.184. The van der Waals surface area contributed by atoms with Crippen molar-refractivity contribution in [2.24, 2.45) is 4.99 Å². The van der Waals surface area contributed by atoms with Crippen LogP contribution in [0.3, 0.4) is 0 Å². The monoisotopic (exact) mass is 124 g/mol. The van der Waals surface area contributed by atoms with Gasteiger partial charge in [0.1, 0.15) is 0 Å². The van der Waals surface area contributed by atoms with Crippen LogP contribution in [-0.4, -0.2) is 17.0 Å². The van der Waals surface area contributed by atoms with Crippen LogP contribution >= 0.6 is 0 Å². The molecule has 48 valence electrons. The molecule has 0 bridgehead atoms. The first-order valence-corrected chi connectivity index (χ1v) is 2.63. The van der Waals surface area contributed by atoms with Gasteiger partial charge in [0, 0.05) is 19.4 Å². The van der Waals surface area contributed by atoms with Crippen molar-refractivity contribution in [3.63, 3.8) is 0 Å². The molecule has 0 atom stereocenters. The first kappa shape index (κ1) is 5.88. The van der Waals surface area contributed by atoms with E-state index in [4.69, 9.17) is 5.21 Å².